The van der Waals surface area contributed by atoms with Gasteiger partial charge in [-0.15, -0.1) is 11.4 Å². The van der Waals surface area contributed by atoms with Crippen molar-refractivity contribution in [2.24, 2.45) is 0 Å². The van der Waals surface area contributed by atoms with Gasteiger partial charge in [-0.25, -0.2) is 8.78 Å². The summed E-state index contributed by atoms with van der Waals surface area (Å²) in [4.78, 5) is 12.3. The summed E-state index contributed by atoms with van der Waals surface area (Å²) in [6.45, 7) is 14.2. The van der Waals surface area contributed by atoms with Gasteiger partial charge in [0, 0.05) is 32.5 Å². The average Bonchev–Trinajstić information content (AvgIpc) is 3.17. The van der Waals surface area contributed by atoms with Crippen LogP contribution in [0.5, 0.6) is 0 Å². The van der Waals surface area contributed by atoms with E-state index >= 15 is 0 Å². The molecule has 0 aromatic carbocycles. The van der Waals surface area contributed by atoms with E-state index in [1.165, 1.54) is 36.7 Å². The van der Waals surface area contributed by atoms with Crippen molar-refractivity contribution >= 4 is 0 Å². The molecule has 26 heavy (non-hydrogen) atoms. The second kappa shape index (κ2) is 13.9. The maximum Gasteiger partial charge on any atom is 0.126 e. The molecule has 0 saturated carbocycles. The molecule has 0 saturated heterocycles. The molecule has 0 aliphatic carbocycles. The third-order valence-corrected chi connectivity index (χ3v) is 2.61. The second-order valence-corrected chi connectivity index (χ2v) is 3.93. The van der Waals surface area contributed by atoms with E-state index in [-0.39, 0.29) is 31.7 Å². The molecule has 3 aromatic rings. The Hall–Kier alpha value is -3.44. The summed E-state index contributed by atoms with van der Waals surface area (Å²) in [5, 5.41) is 18.8. The minimum atomic E-state index is -0.376. The first-order chi connectivity index (χ1) is 12.2. The summed E-state index contributed by atoms with van der Waals surface area (Å²) in [6.07, 6.45) is 2.75. The van der Waals surface area contributed by atoms with E-state index in [1.54, 1.807) is 12.1 Å². The maximum atomic E-state index is 13.1. The van der Waals surface area contributed by atoms with Gasteiger partial charge in [-0.3, -0.25) is 9.97 Å². The number of hydrogen-bond donors (Lipinski definition) is 0. The van der Waals surface area contributed by atoms with Crippen molar-refractivity contribution in [1.82, 2.24) is 15.0 Å². The Bertz CT molecular complexity index is 783. The SMILES string of the molecule is Fc1ccnc(-c2ccc(-c3cc(F)ccn3)[n-]2)c1.[C-]#N.[C-]#N.[C-]#N.[Ir]. The number of halogens is 2. The third kappa shape index (κ3) is 6.98. The fourth-order valence-corrected chi connectivity index (χ4v) is 1.74. The van der Waals surface area contributed by atoms with Crippen molar-refractivity contribution in [2.45, 2.75) is 0 Å². The molecule has 0 atom stereocenters. The zero-order chi connectivity index (χ0) is 19.2. The second-order valence-electron chi connectivity index (χ2n) is 3.93. The van der Waals surface area contributed by atoms with Crippen molar-refractivity contribution in [1.29, 1.82) is 15.8 Å². The molecule has 1 radical (unpaired) electrons. The van der Waals surface area contributed by atoms with Gasteiger partial charge in [-0.05, 0) is 24.3 Å². The molecule has 3 aromatic heterocycles. The first kappa shape index (κ1) is 24.8. The quantitative estimate of drug-likeness (QED) is 0.474. The van der Waals surface area contributed by atoms with Gasteiger partial charge in [-0.2, -0.15) is 0 Å². The standard InChI is InChI=1S/C14H8F2N3.3CN.Ir/c15-9-3-5-17-13(7-9)11-1-2-12(19-11)14-8-10(16)4-6-18-14;3*1-2;/h1-8H;;;;/q4*-1;. The molecule has 3 heterocycles. The normalized spacial score (nSPS) is 8.00. The van der Waals surface area contributed by atoms with Crippen LogP contribution < -0.4 is 4.98 Å². The minimum Gasteiger partial charge on any atom is -0.654 e. The first-order valence-electron chi connectivity index (χ1n) is 6.27. The molecule has 0 aliphatic heterocycles. The molecule has 3 rings (SSSR count). The van der Waals surface area contributed by atoms with Crippen LogP contribution in [0.3, 0.4) is 0 Å². The van der Waals surface area contributed by atoms with Gasteiger partial charge >= 0.3 is 0 Å². The van der Waals surface area contributed by atoms with E-state index in [4.69, 9.17) is 35.5 Å². The molecule has 133 valence electrons. The Morgan fingerprint density at radius 1 is 0.692 bits per heavy atom. The van der Waals surface area contributed by atoms with E-state index in [1.807, 2.05) is 0 Å². The van der Waals surface area contributed by atoms with E-state index in [2.05, 4.69) is 15.0 Å². The first-order valence-corrected chi connectivity index (χ1v) is 6.27. The number of rotatable bonds is 2. The Morgan fingerprint density at radius 3 is 1.35 bits per heavy atom. The summed E-state index contributed by atoms with van der Waals surface area (Å²) < 4.78 is 26.2. The van der Waals surface area contributed by atoms with Crippen molar-refractivity contribution in [2.75, 3.05) is 0 Å². The number of nitrogens with zero attached hydrogens (tertiary/aromatic N) is 6. The van der Waals surface area contributed by atoms with Crippen molar-refractivity contribution in [3.63, 3.8) is 0 Å². The van der Waals surface area contributed by atoms with Crippen molar-refractivity contribution in [3.8, 4) is 22.8 Å². The minimum absolute atomic E-state index is 0. The van der Waals surface area contributed by atoms with Crippen LogP contribution in [-0.4, -0.2) is 9.97 Å². The predicted octanol–water partition coefficient (Wildman–Crippen LogP) is 3.33. The van der Waals surface area contributed by atoms with Gasteiger partial charge < -0.3 is 40.5 Å². The number of hydrogen-bond acceptors (Lipinski definition) is 5. The molecule has 9 heteroatoms. The van der Waals surface area contributed by atoms with Crippen LogP contribution in [0.4, 0.5) is 8.78 Å². The number of pyridine rings is 2. The summed E-state index contributed by atoms with van der Waals surface area (Å²) in [5.74, 6) is -0.753. The Labute approximate surface area is 162 Å². The topological polar surface area (TPSA) is 111 Å². The Balaban J connectivity index is 0. The number of aromatic nitrogens is 3. The van der Waals surface area contributed by atoms with Gasteiger partial charge in [0.25, 0.3) is 0 Å². The Morgan fingerprint density at radius 2 is 1.04 bits per heavy atom. The molecule has 0 aliphatic rings. The van der Waals surface area contributed by atoms with Crippen LogP contribution in [-0.2, 0) is 20.1 Å². The molecular formula is C17H8F2IrN6-4. The molecule has 0 N–H and O–H groups in total. The van der Waals surface area contributed by atoms with Gasteiger partial charge in [0.05, 0.1) is 11.4 Å². The van der Waals surface area contributed by atoms with E-state index in [9.17, 15) is 8.78 Å². The summed E-state index contributed by atoms with van der Waals surface area (Å²) in [6, 6.07) is 8.52. The largest absolute Gasteiger partial charge is 0.654 e. The van der Waals surface area contributed by atoms with Gasteiger partial charge in [-0.1, -0.05) is 12.1 Å². The molecular weight excluding hydrogens is 518 g/mol. The van der Waals surface area contributed by atoms with E-state index in [0.717, 1.165) is 0 Å². The van der Waals surface area contributed by atoms with Crippen LogP contribution in [0.2, 0.25) is 0 Å². The van der Waals surface area contributed by atoms with Gasteiger partial charge in [0.15, 0.2) is 0 Å². The zero-order valence-corrected chi connectivity index (χ0v) is 15.3. The van der Waals surface area contributed by atoms with Crippen LogP contribution in [0.25, 0.3) is 22.8 Å². The van der Waals surface area contributed by atoms with Crippen LogP contribution in [0.1, 0.15) is 0 Å². The average molecular weight is 527 g/mol. The molecule has 0 amide bonds. The third-order valence-electron chi connectivity index (χ3n) is 2.61. The van der Waals surface area contributed by atoms with Crippen molar-refractivity contribution < 1.29 is 28.9 Å². The fourth-order valence-electron chi connectivity index (χ4n) is 1.74. The molecule has 0 bridgehead atoms. The fraction of sp³-hybridized carbons (Fsp3) is 0. The van der Waals surface area contributed by atoms with E-state index in [0.29, 0.717) is 22.8 Å². The maximum absolute atomic E-state index is 13.1. The zero-order valence-electron chi connectivity index (χ0n) is 12.9. The summed E-state index contributed by atoms with van der Waals surface area (Å²) in [5.41, 5.74) is 1.92. The monoisotopic (exact) mass is 527 g/mol. The van der Waals surface area contributed by atoms with Gasteiger partial charge in [0.2, 0.25) is 0 Å². The van der Waals surface area contributed by atoms with Crippen LogP contribution in [0.15, 0.2) is 48.8 Å². The van der Waals surface area contributed by atoms with Crippen LogP contribution >= 0.6 is 0 Å². The molecule has 0 unspecified atom stereocenters. The predicted molar refractivity (Wildman–Crippen MR) is 81.0 cm³/mol. The van der Waals surface area contributed by atoms with Crippen LogP contribution in [0, 0.1) is 47.1 Å². The summed E-state index contributed by atoms with van der Waals surface area (Å²) >= 11 is 0. The van der Waals surface area contributed by atoms with Gasteiger partial charge in [0.1, 0.15) is 11.6 Å². The van der Waals surface area contributed by atoms with Crippen molar-refractivity contribution in [3.05, 3.63) is 80.1 Å². The Kier molecular flexibility index (Phi) is 13.3. The molecule has 0 spiro atoms. The molecule has 6 nitrogen and oxygen atoms in total. The molecule has 0 fully saturated rings. The van der Waals surface area contributed by atoms with E-state index < -0.39 is 0 Å². The summed E-state index contributed by atoms with van der Waals surface area (Å²) in [7, 11) is 0. The smallest absolute Gasteiger partial charge is 0.126 e.